The first kappa shape index (κ1) is 30.7. The smallest absolute Gasteiger partial charge is 0.245 e. The number of ether oxygens (including phenoxy) is 3. The Morgan fingerprint density at radius 1 is 0.909 bits per heavy atom. The summed E-state index contributed by atoms with van der Waals surface area (Å²) in [6.07, 6.45) is 2.27. The lowest BCUT2D eigenvalue weighted by atomic mass is 10.0. The summed E-state index contributed by atoms with van der Waals surface area (Å²) in [4.78, 5) is 36.7. The first-order valence-corrected chi connectivity index (χ1v) is 14.8. The summed E-state index contributed by atoms with van der Waals surface area (Å²) in [6, 6.07) is 21.2. The van der Waals surface area contributed by atoms with Crippen LogP contribution in [0.3, 0.4) is 0 Å². The van der Waals surface area contributed by atoms with Gasteiger partial charge in [-0.3, -0.25) is 14.5 Å². The van der Waals surface area contributed by atoms with Crippen molar-refractivity contribution in [1.29, 1.82) is 0 Å². The quantitative estimate of drug-likeness (QED) is 0.256. The minimum atomic E-state index is -0.751. The number of likely N-dealkylation sites (N-methyl/N-ethyl adjacent to an activating group) is 1. The molecule has 1 unspecified atom stereocenters. The highest BCUT2D eigenvalue weighted by Crippen LogP contribution is 2.38. The van der Waals surface area contributed by atoms with E-state index in [1.165, 1.54) is 5.69 Å². The van der Waals surface area contributed by atoms with Crippen molar-refractivity contribution in [2.75, 3.05) is 66.0 Å². The van der Waals surface area contributed by atoms with Crippen LogP contribution in [0.15, 0.2) is 72.9 Å². The van der Waals surface area contributed by atoms with Crippen molar-refractivity contribution in [1.82, 2.24) is 20.1 Å². The van der Waals surface area contributed by atoms with Gasteiger partial charge in [-0.2, -0.15) is 0 Å². The molecule has 0 aliphatic carbocycles. The second-order valence-electron chi connectivity index (χ2n) is 11.0. The Labute approximate surface area is 258 Å². The van der Waals surface area contributed by atoms with Crippen molar-refractivity contribution in [3.63, 3.8) is 0 Å². The lowest BCUT2D eigenvalue weighted by Gasteiger charge is -2.36. The molecule has 2 N–H and O–H groups in total. The summed E-state index contributed by atoms with van der Waals surface area (Å²) in [5, 5.41) is 4.10. The van der Waals surface area contributed by atoms with E-state index in [9.17, 15) is 9.59 Å². The first-order chi connectivity index (χ1) is 21.4. The van der Waals surface area contributed by atoms with Gasteiger partial charge in [0.05, 0.1) is 27.9 Å². The molecule has 0 spiro atoms. The molecule has 1 aromatic heterocycles. The molecule has 0 saturated carbocycles. The second-order valence-corrected chi connectivity index (χ2v) is 11.0. The van der Waals surface area contributed by atoms with Crippen LogP contribution in [0.2, 0.25) is 0 Å². The van der Waals surface area contributed by atoms with Gasteiger partial charge >= 0.3 is 0 Å². The van der Waals surface area contributed by atoms with Gasteiger partial charge in [-0.1, -0.05) is 36.4 Å². The van der Waals surface area contributed by atoms with Gasteiger partial charge in [0.25, 0.3) is 0 Å². The number of aromatic amines is 1. The normalized spacial score (nSPS) is 14.2. The molecule has 4 aromatic rings. The molecule has 1 saturated heterocycles. The number of piperazine rings is 1. The van der Waals surface area contributed by atoms with Gasteiger partial charge < -0.3 is 34.3 Å². The van der Waals surface area contributed by atoms with Crippen LogP contribution in [0.1, 0.15) is 11.1 Å². The lowest BCUT2D eigenvalue weighted by Crippen LogP contribution is -2.53. The van der Waals surface area contributed by atoms with Crippen LogP contribution >= 0.6 is 0 Å². The molecule has 1 aliphatic heterocycles. The summed E-state index contributed by atoms with van der Waals surface area (Å²) >= 11 is 0. The molecular weight excluding hydrogens is 558 g/mol. The van der Waals surface area contributed by atoms with Crippen molar-refractivity contribution in [3.05, 3.63) is 84.1 Å². The van der Waals surface area contributed by atoms with Crippen LogP contribution < -0.4 is 24.4 Å². The second kappa shape index (κ2) is 14.2. The number of hydrogen-bond acceptors (Lipinski definition) is 7. The fourth-order valence-corrected chi connectivity index (χ4v) is 5.81. The number of nitrogens with one attached hydrogen (secondary N) is 2. The maximum Gasteiger partial charge on any atom is 0.245 e. The Bertz CT molecular complexity index is 1540. The molecule has 1 fully saturated rings. The zero-order valence-corrected chi connectivity index (χ0v) is 25.8. The third kappa shape index (κ3) is 7.08. The number of fused-ring (bicyclic) bond motifs is 1. The molecule has 232 valence electrons. The molecule has 1 atom stereocenters. The predicted octanol–water partition coefficient (Wildman–Crippen LogP) is 3.70. The average Bonchev–Trinajstić information content (AvgIpc) is 3.46. The van der Waals surface area contributed by atoms with E-state index in [2.05, 4.69) is 32.2 Å². The monoisotopic (exact) mass is 599 g/mol. The minimum Gasteiger partial charge on any atom is -0.493 e. The zero-order valence-electron chi connectivity index (χ0n) is 25.8. The molecule has 0 bridgehead atoms. The zero-order chi connectivity index (χ0) is 31.1. The number of carbonyl (C=O) groups is 2. The van der Waals surface area contributed by atoms with E-state index in [0.717, 1.165) is 48.2 Å². The van der Waals surface area contributed by atoms with Gasteiger partial charge in [0.2, 0.25) is 17.6 Å². The molecular formula is C34H41N5O5. The summed E-state index contributed by atoms with van der Waals surface area (Å²) in [5.74, 6) is 1.16. The van der Waals surface area contributed by atoms with Gasteiger partial charge in [-0.25, -0.2) is 0 Å². The number of rotatable bonds is 12. The fourth-order valence-electron chi connectivity index (χ4n) is 5.81. The van der Waals surface area contributed by atoms with Gasteiger partial charge in [-0.15, -0.1) is 0 Å². The molecule has 2 heterocycles. The standard InChI is InChI=1S/C34H41N5O5/c1-37(22-24-18-30(42-2)33(44-4)31(19-24)43-3)34(41)29(20-25-21-35-28-13-9-8-12-27(25)28)36-32(40)23-38-14-16-39(17-15-38)26-10-6-5-7-11-26/h5-13,18-19,21,29,35H,14-17,20,22-23H2,1-4H3,(H,36,40). The Morgan fingerprint density at radius 2 is 1.57 bits per heavy atom. The first-order valence-electron chi connectivity index (χ1n) is 14.8. The highest BCUT2D eigenvalue weighted by molar-refractivity contribution is 5.90. The fraction of sp³-hybridized carbons (Fsp3) is 0.353. The molecule has 1 aliphatic rings. The van der Waals surface area contributed by atoms with Crippen LogP contribution in [-0.2, 0) is 22.6 Å². The van der Waals surface area contributed by atoms with E-state index in [4.69, 9.17) is 14.2 Å². The van der Waals surface area contributed by atoms with Crippen molar-refractivity contribution < 1.29 is 23.8 Å². The molecule has 0 radical (unpaired) electrons. The van der Waals surface area contributed by atoms with Gasteiger partial charge in [0.15, 0.2) is 11.5 Å². The van der Waals surface area contributed by atoms with E-state index in [0.29, 0.717) is 23.7 Å². The molecule has 2 amide bonds. The van der Waals surface area contributed by atoms with Crippen LogP contribution in [-0.4, -0.2) is 93.7 Å². The molecule has 44 heavy (non-hydrogen) atoms. The topological polar surface area (TPSA) is 99.4 Å². The average molecular weight is 600 g/mol. The van der Waals surface area contributed by atoms with E-state index in [1.54, 1.807) is 33.3 Å². The van der Waals surface area contributed by atoms with E-state index in [1.807, 2.05) is 60.8 Å². The van der Waals surface area contributed by atoms with E-state index in [-0.39, 0.29) is 24.9 Å². The van der Waals surface area contributed by atoms with Crippen molar-refractivity contribution in [2.45, 2.75) is 19.0 Å². The number of hydrogen-bond donors (Lipinski definition) is 2. The Morgan fingerprint density at radius 3 is 2.23 bits per heavy atom. The minimum absolute atomic E-state index is 0.169. The maximum atomic E-state index is 14.0. The van der Waals surface area contributed by atoms with E-state index < -0.39 is 6.04 Å². The van der Waals surface area contributed by atoms with Crippen molar-refractivity contribution in [3.8, 4) is 17.2 Å². The lowest BCUT2D eigenvalue weighted by molar-refractivity contribution is -0.136. The molecule has 3 aromatic carbocycles. The van der Waals surface area contributed by atoms with E-state index >= 15 is 0 Å². The number of methoxy groups -OCH3 is 3. The maximum absolute atomic E-state index is 14.0. The van der Waals surface area contributed by atoms with Gasteiger partial charge in [-0.05, 0) is 41.5 Å². The van der Waals surface area contributed by atoms with Gasteiger partial charge in [0.1, 0.15) is 6.04 Å². The SMILES string of the molecule is COc1cc(CN(C)C(=O)C(Cc2c[nH]c3ccccc23)NC(=O)CN2CCN(c3ccccc3)CC2)cc(OC)c1OC. The molecule has 10 heteroatoms. The number of nitrogens with zero attached hydrogens (tertiary/aromatic N) is 3. The Balaban J connectivity index is 1.29. The Hall–Kier alpha value is -4.70. The van der Waals surface area contributed by atoms with Crippen LogP contribution in [0, 0.1) is 0 Å². The van der Waals surface area contributed by atoms with Gasteiger partial charge in [0, 0.05) is 69.0 Å². The highest BCUT2D eigenvalue weighted by Gasteiger charge is 2.28. The summed E-state index contributed by atoms with van der Waals surface area (Å²) in [5.41, 5.74) is 3.96. The van der Waals surface area contributed by atoms with Crippen LogP contribution in [0.5, 0.6) is 17.2 Å². The molecule has 10 nitrogen and oxygen atoms in total. The predicted molar refractivity (Wildman–Crippen MR) is 172 cm³/mol. The number of H-pyrrole nitrogens is 1. The summed E-state index contributed by atoms with van der Waals surface area (Å²) in [7, 11) is 6.41. The largest absolute Gasteiger partial charge is 0.493 e. The highest BCUT2D eigenvalue weighted by atomic mass is 16.5. The number of amides is 2. The summed E-state index contributed by atoms with van der Waals surface area (Å²) in [6.45, 7) is 3.74. The van der Waals surface area contributed by atoms with Crippen LogP contribution in [0.25, 0.3) is 10.9 Å². The van der Waals surface area contributed by atoms with Crippen LogP contribution in [0.4, 0.5) is 5.69 Å². The number of para-hydroxylation sites is 2. The Kier molecular flexibility index (Phi) is 9.91. The number of benzene rings is 3. The number of aromatic nitrogens is 1. The molecule has 5 rings (SSSR count). The van der Waals surface area contributed by atoms with Crippen molar-refractivity contribution in [2.24, 2.45) is 0 Å². The summed E-state index contributed by atoms with van der Waals surface area (Å²) < 4.78 is 16.4. The number of carbonyl (C=O) groups excluding carboxylic acids is 2. The third-order valence-electron chi connectivity index (χ3n) is 8.11. The third-order valence-corrected chi connectivity index (χ3v) is 8.11. The number of anilines is 1. The van der Waals surface area contributed by atoms with Crippen molar-refractivity contribution >= 4 is 28.4 Å².